The van der Waals surface area contributed by atoms with E-state index in [9.17, 15) is 9.59 Å². The third kappa shape index (κ3) is 3.83. The highest BCUT2D eigenvalue weighted by atomic mass is 35.5. The van der Waals surface area contributed by atoms with Gasteiger partial charge in [0.2, 0.25) is 5.91 Å². The number of benzene rings is 2. The molecule has 148 valence electrons. The Hall–Kier alpha value is -2.92. The Balaban J connectivity index is 1.76. The first kappa shape index (κ1) is 19.4. The molecule has 4 rings (SSSR count). The van der Waals surface area contributed by atoms with Gasteiger partial charge in [-0.25, -0.2) is 4.68 Å². The zero-order chi connectivity index (χ0) is 20.4. The van der Waals surface area contributed by atoms with Gasteiger partial charge >= 0.3 is 0 Å². The summed E-state index contributed by atoms with van der Waals surface area (Å²) in [6.07, 6.45) is 3.57. The van der Waals surface area contributed by atoms with Gasteiger partial charge in [-0.15, -0.1) is 0 Å². The maximum atomic E-state index is 13.2. The van der Waals surface area contributed by atoms with E-state index in [0.717, 1.165) is 48.1 Å². The first-order chi connectivity index (χ1) is 14.1. The van der Waals surface area contributed by atoms with E-state index in [0.29, 0.717) is 10.7 Å². The van der Waals surface area contributed by atoms with Crippen molar-refractivity contribution >= 4 is 23.2 Å². The minimum absolute atomic E-state index is 0.179. The molecule has 1 N–H and O–H groups in total. The average Bonchev–Trinajstić information content (AvgIpc) is 2.76. The highest BCUT2D eigenvalue weighted by Gasteiger charge is 2.25. The lowest BCUT2D eigenvalue weighted by atomic mass is 9.89. The molecule has 5 nitrogen and oxygen atoms in total. The minimum atomic E-state index is -0.770. The summed E-state index contributed by atoms with van der Waals surface area (Å²) in [6, 6.07) is 16.1. The second-order valence-corrected chi connectivity index (χ2v) is 7.68. The second kappa shape index (κ2) is 8.21. The quantitative estimate of drug-likeness (QED) is 0.685. The molecule has 0 bridgehead atoms. The first-order valence-electron chi connectivity index (χ1n) is 9.81. The van der Waals surface area contributed by atoms with Crippen LogP contribution in [0, 0.1) is 0 Å². The first-order valence-corrected chi connectivity index (χ1v) is 10.2. The Bertz CT molecular complexity index is 1110. The van der Waals surface area contributed by atoms with Gasteiger partial charge in [0.25, 0.3) is 5.56 Å². The van der Waals surface area contributed by atoms with Crippen molar-refractivity contribution in [1.29, 1.82) is 0 Å². The number of carbonyl (C=O) groups is 1. The van der Waals surface area contributed by atoms with Crippen molar-refractivity contribution < 1.29 is 4.79 Å². The normalized spacial score (nSPS) is 14.1. The van der Waals surface area contributed by atoms with Gasteiger partial charge in [-0.1, -0.05) is 54.1 Å². The molecule has 6 heteroatoms. The highest BCUT2D eigenvalue weighted by molar-refractivity contribution is 6.33. The van der Waals surface area contributed by atoms with E-state index < -0.39 is 6.04 Å². The molecule has 1 aliphatic rings. The molecule has 0 unspecified atom stereocenters. The number of aromatic nitrogens is 2. The molecule has 1 heterocycles. The fraction of sp³-hybridized carbons (Fsp3) is 0.261. The third-order valence-electron chi connectivity index (χ3n) is 5.35. The standard InChI is InChI=1S/C23H22ClN3O2/c1-15(22(28)25-20-14-8-7-13-19(20)24)27-23(29)18-12-6-5-11-17(18)21(26-27)16-9-3-2-4-10-16/h2-4,7-10,13-15H,5-6,11-12H2,1H3,(H,25,28)/t15-/m1/s1. The van der Waals surface area contributed by atoms with Crippen LogP contribution in [0.4, 0.5) is 5.69 Å². The lowest BCUT2D eigenvalue weighted by molar-refractivity contribution is -0.119. The number of carbonyl (C=O) groups excluding carboxylic acids is 1. The number of nitrogens with one attached hydrogen (secondary N) is 1. The zero-order valence-electron chi connectivity index (χ0n) is 16.2. The monoisotopic (exact) mass is 407 g/mol. The van der Waals surface area contributed by atoms with Crippen LogP contribution in [-0.2, 0) is 17.6 Å². The number of hydrogen-bond acceptors (Lipinski definition) is 3. The number of anilines is 1. The number of para-hydroxylation sites is 1. The molecular formula is C23H22ClN3O2. The van der Waals surface area contributed by atoms with Gasteiger partial charge < -0.3 is 5.32 Å². The van der Waals surface area contributed by atoms with Crippen LogP contribution in [-0.4, -0.2) is 15.7 Å². The van der Waals surface area contributed by atoms with Crippen molar-refractivity contribution in [1.82, 2.24) is 9.78 Å². The summed E-state index contributed by atoms with van der Waals surface area (Å²) in [5.41, 5.74) is 3.88. The SMILES string of the molecule is C[C@H](C(=O)Nc1ccccc1Cl)n1nc(-c2ccccc2)c2c(c1=O)CCCC2. The van der Waals surface area contributed by atoms with E-state index in [-0.39, 0.29) is 11.5 Å². The molecule has 0 radical (unpaired) electrons. The Labute approximate surface area is 174 Å². The summed E-state index contributed by atoms with van der Waals surface area (Å²) >= 11 is 6.15. The van der Waals surface area contributed by atoms with Crippen molar-refractivity contribution in [3.63, 3.8) is 0 Å². The maximum absolute atomic E-state index is 13.2. The maximum Gasteiger partial charge on any atom is 0.271 e. The molecule has 29 heavy (non-hydrogen) atoms. The molecule has 2 aromatic carbocycles. The topological polar surface area (TPSA) is 64.0 Å². The molecule has 1 atom stereocenters. The molecule has 0 fully saturated rings. The molecule has 3 aromatic rings. The van der Waals surface area contributed by atoms with Crippen LogP contribution in [0.5, 0.6) is 0 Å². The van der Waals surface area contributed by atoms with Gasteiger partial charge in [0, 0.05) is 11.1 Å². The molecule has 1 aliphatic carbocycles. The lowest BCUT2D eigenvalue weighted by Crippen LogP contribution is -2.37. The van der Waals surface area contributed by atoms with Gasteiger partial charge in [-0.3, -0.25) is 9.59 Å². The van der Waals surface area contributed by atoms with Crippen molar-refractivity contribution in [3.05, 3.63) is 81.1 Å². The average molecular weight is 408 g/mol. The summed E-state index contributed by atoms with van der Waals surface area (Å²) in [5.74, 6) is -0.331. The second-order valence-electron chi connectivity index (χ2n) is 7.27. The van der Waals surface area contributed by atoms with Crippen LogP contribution in [0.2, 0.25) is 5.02 Å². The fourth-order valence-electron chi connectivity index (χ4n) is 3.76. The summed E-state index contributed by atoms with van der Waals surface area (Å²) in [7, 11) is 0. The summed E-state index contributed by atoms with van der Waals surface area (Å²) in [4.78, 5) is 26.0. The molecule has 0 aliphatic heterocycles. The van der Waals surface area contributed by atoms with E-state index in [1.54, 1.807) is 31.2 Å². The van der Waals surface area contributed by atoms with E-state index in [2.05, 4.69) is 10.4 Å². The van der Waals surface area contributed by atoms with Crippen LogP contribution >= 0.6 is 11.6 Å². The Morgan fingerprint density at radius 3 is 2.41 bits per heavy atom. The van der Waals surface area contributed by atoms with Gasteiger partial charge in [-0.2, -0.15) is 5.10 Å². The van der Waals surface area contributed by atoms with Crippen molar-refractivity contribution in [2.75, 3.05) is 5.32 Å². The number of hydrogen-bond donors (Lipinski definition) is 1. The van der Waals surface area contributed by atoms with Gasteiger partial charge in [0.05, 0.1) is 16.4 Å². The molecule has 0 spiro atoms. The van der Waals surface area contributed by atoms with E-state index >= 15 is 0 Å². The number of nitrogens with zero attached hydrogens (tertiary/aromatic N) is 2. The molecule has 0 saturated heterocycles. The number of fused-ring (bicyclic) bond motifs is 1. The molecular weight excluding hydrogens is 386 g/mol. The van der Waals surface area contributed by atoms with Crippen LogP contribution in [0.1, 0.15) is 36.9 Å². The minimum Gasteiger partial charge on any atom is -0.323 e. The number of rotatable bonds is 4. The van der Waals surface area contributed by atoms with Crippen molar-refractivity contribution in [3.8, 4) is 11.3 Å². The molecule has 0 saturated carbocycles. The van der Waals surface area contributed by atoms with E-state index in [1.807, 2.05) is 30.3 Å². The molecule has 1 aromatic heterocycles. The summed E-state index contributed by atoms with van der Waals surface area (Å²) < 4.78 is 1.32. The summed E-state index contributed by atoms with van der Waals surface area (Å²) in [6.45, 7) is 1.69. The lowest BCUT2D eigenvalue weighted by Gasteiger charge is -2.22. The molecule has 1 amide bonds. The van der Waals surface area contributed by atoms with Crippen LogP contribution in [0.3, 0.4) is 0 Å². The Morgan fingerprint density at radius 2 is 1.69 bits per heavy atom. The van der Waals surface area contributed by atoms with Crippen LogP contribution < -0.4 is 10.9 Å². The summed E-state index contributed by atoms with van der Waals surface area (Å²) in [5, 5.41) is 7.90. The van der Waals surface area contributed by atoms with Gasteiger partial charge in [0.15, 0.2) is 0 Å². The Kier molecular flexibility index (Phi) is 5.49. The van der Waals surface area contributed by atoms with Crippen LogP contribution in [0.15, 0.2) is 59.4 Å². The number of amides is 1. The van der Waals surface area contributed by atoms with Gasteiger partial charge in [0.1, 0.15) is 6.04 Å². The fourth-order valence-corrected chi connectivity index (χ4v) is 3.94. The van der Waals surface area contributed by atoms with E-state index in [4.69, 9.17) is 11.6 Å². The predicted octanol–water partition coefficient (Wildman–Crippen LogP) is 4.64. The Morgan fingerprint density at radius 1 is 1.03 bits per heavy atom. The number of halogens is 1. The van der Waals surface area contributed by atoms with Crippen molar-refractivity contribution in [2.45, 2.75) is 38.6 Å². The van der Waals surface area contributed by atoms with Crippen molar-refractivity contribution in [2.24, 2.45) is 0 Å². The van der Waals surface area contributed by atoms with Crippen LogP contribution in [0.25, 0.3) is 11.3 Å². The zero-order valence-corrected chi connectivity index (χ0v) is 16.9. The highest BCUT2D eigenvalue weighted by Crippen LogP contribution is 2.29. The van der Waals surface area contributed by atoms with Gasteiger partial charge in [-0.05, 0) is 50.3 Å². The van der Waals surface area contributed by atoms with E-state index in [1.165, 1.54) is 4.68 Å². The predicted molar refractivity (Wildman–Crippen MR) is 115 cm³/mol. The third-order valence-corrected chi connectivity index (χ3v) is 5.68. The largest absolute Gasteiger partial charge is 0.323 e. The smallest absolute Gasteiger partial charge is 0.271 e.